The van der Waals surface area contributed by atoms with Crippen LogP contribution in [0.2, 0.25) is 0 Å². The highest BCUT2D eigenvalue weighted by Gasteiger charge is 2.20. The minimum atomic E-state index is -4.07. The molecule has 10 nitrogen and oxygen atoms in total. The molecule has 2 aromatic carbocycles. The van der Waals surface area contributed by atoms with E-state index in [-0.39, 0.29) is 30.2 Å². The van der Waals surface area contributed by atoms with Gasteiger partial charge in [0.25, 0.3) is 16.0 Å². The zero-order valence-electron chi connectivity index (χ0n) is 25.4. The first-order valence-corrected chi connectivity index (χ1v) is 16.2. The quantitative estimate of drug-likeness (QED) is 0.104. The van der Waals surface area contributed by atoms with Gasteiger partial charge < -0.3 is 24.8 Å². The van der Waals surface area contributed by atoms with Crippen LogP contribution < -0.4 is 19.7 Å². The Morgan fingerprint density at radius 1 is 0.977 bits per heavy atom. The van der Waals surface area contributed by atoms with E-state index in [2.05, 4.69) is 17.2 Å². The van der Waals surface area contributed by atoms with Crippen molar-refractivity contribution >= 4 is 27.7 Å². The Bertz CT molecular complexity index is 1410. The minimum absolute atomic E-state index is 0.00507. The average Bonchev–Trinajstić information content (AvgIpc) is 2.98. The molecule has 0 atom stereocenters. The molecule has 0 spiro atoms. The number of nitrogens with one attached hydrogen (secondary N) is 1. The van der Waals surface area contributed by atoms with Crippen molar-refractivity contribution in [2.45, 2.75) is 65.3 Å². The molecule has 0 bridgehead atoms. The largest absolute Gasteiger partial charge is 0.493 e. The number of nitrogens with zero attached hydrogens (tertiary/aromatic N) is 1. The monoisotopic (exact) mass is 626 g/mol. The molecule has 2 aromatic rings. The van der Waals surface area contributed by atoms with E-state index in [4.69, 9.17) is 26.9 Å². The maximum atomic E-state index is 13.5. The fraction of sp³-hybridized carbons (Fsp3) is 0.455. The first-order chi connectivity index (χ1) is 21.0. The van der Waals surface area contributed by atoms with Crippen LogP contribution in [0.5, 0.6) is 11.5 Å². The normalized spacial score (nSPS) is 10.8. The van der Waals surface area contributed by atoms with Crippen LogP contribution in [0.25, 0.3) is 0 Å². The van der Waals surface area contributed by atoms with Crippen LogP contribution in [0, 0.1) is 31.6 Å². The van der Waals surface area contributed by atoms with Gasteiger partial charge in [-0.3, -0.25) is 9.35 Å². The van der Waals surface area contributed by atoms with Crippen molar-refractivity contribution in [2.75, 3.05) is 37.0 Å². The highest BCUT2D eigenvalue weighted by atomic mass is 32.2. The lowest BCUT2D eigenvalue weighted by Gasteiger charge is -2.26. The molecule has 0 radical (unpaired) electrons. The fourth-order valence-electron chi connectivity index (χ4n) is 4.56. The van der Waals surface area contributed by atoms with Gasteiger partial charge in [0.2, 0.25) is 0 Å². The zero-order valence-corrected chi connectivity index (χ0v) is 26.2. The summed E-state index contributed by atoms with van der Waals surface area (Å²) in [5.74, 6) is 3.90. The summed E-state index contributed by atoms with van der Waals surface area (Å²) in [6.07, 6.45) is 14.9. The van der Waals surface area contributed by atoms with Crippen LogP contribution in [-0.4, -0.2) is 62.0 Å². The van der Waals surface area contributed by atoms with Crippen LogP contribution in [0.1, 0.15) is 83.7 Å². The third-order valence-electron chi connectivity index (χ3n) is 6.89. The van der Waals surface area contributed by atoms with Gasteiger partial charge in [0, 0.05) is 37.2 Å². The van der Waals surface area contributed by atoms with Gasteiger partial charge in [0.05, 0.1) is 36.6 Å². The van der Waals surface area contributed by atoms with Crippen molar-refractivity contribution in [1.29, 1.82) is 0 Å². The number of ether oxygens (including phenoxy) is 2. The third-order valence-corrected chi connectivity index (χ3v) is 7.69. The second kappa shape index (κ2) is 18.5. The molecule has 11 heteroatoms. The van der Waals surface area contributed by atoms with Crippen molar-refractivity contribution in [2.24, 2.45) is 0 Å². The summed E-state index contributed by atoms with van der Waals surface area (Å²) in [4.78, 5) is 27.3. The van der Waals surface area contributed by atoms with Crippen LogP contribution in [-0.2, 0) is 16.7 Å². The Morgan fingerprint density at radius 2 is 1.57 bits per heavy atom. The molecule has 44 heavy (non-hydrogen) atoms. The lowest BCUT2D eigenvalue weighted by molar-refractivity contribution is 0.0695. The van der Waals surface area contributed by atoms with Gasteiger partial charge in [0.15, 0.2) is 0 Å². The number of anilines is 1. The van der Waals surface area contributed by atoms with E-state index in [1.807, 2.05) is 24.8 Å². The first kappa shape index (κ1) is 36.0. The molecule has 0 aliphatic carbocycles. The molecule has 0 fully saturated rings. The SMILES string of the molecule is C#CCCCCOc1cc(C(=O)O)cc(OCCCCC#C)c1CNC(=O)c1cccc(N(CC)CCCS(=O)(=O)O)c1C. The number of aromatic carboxylic acids is 1. The number of carboxylic acid groups (broad SMARTS) is 1. The molecule has 238 valence electrons. The van der Waals surface area contributed by atoms with Gasteiger partial charge >= 0.3 is 5.97 Å². The molecule has 0 saturated carbocycles. The molecule has 3 N–H and O–H groups in total. The van der Waals surface area contributed by atoms with Gasteiger partial charge in [-0.05, 0) is 75.8 Å². The van der Waals surface area contributed by atoms with E-state index in [9.17, 15) is 23.1 Å². The Hall–Kier alpha value is -4.19. The van der Waals surface area contributed by atoms with Gasteiger partial charge in [-0.1, -0.05) is 6.07 Å². The van der Waals surface area contributed by atoms with Gasteiger partial charge in [-0.2, -0.15) is 8.42 Å². The second-order valence-electron chi connectivity index (χ2n) is 10.1. The summed E-state index contributed by atoms with van der Waals surface area (Å²) in [5.41, 5.74) is 2.40. The minimum Gasteiger partial charge on any atom is -0.493 e. The van der Waals surface area contributed by atoms with E-state index in [0.29, 0.717) is 80.2 Å². The number of carboxylic acids is 1. The van der Waals surface area contributed by atoms with Crippen molar-refractivity contribution in [3.05, 3.63) is 52.6 Å². The number of rotatable bonds is 20. The standard InChI is InChI=1S/C33H42N2O8S/c1-5-8-10-12-19-42-30-22-26(33(37)38)23-31(43-20-13-11-9-6-2)28(30)24-34-32(36)27-16-14-17-29(25(27)4)35(7-3)18-15-21-44(39,40)41/h1-2,14,16-17,22-23H,7-13,15,18-21,24H2,3-4H3,(H,34,36)(H,37,38)(H,39,40,41). The number of carbonyl (C=O) groups excluding carboxylic acids is 1. The highest BCUT2D eigenvalue weighted by Crippen LogP contribution is 2.32. The van der Waals surface area contributed by atoms with E-state index < -0.39 is 16.1 Å². The van der Waals surface area contributed by atoms with Gasteiger partial charge in [-0.15, -0.1) is 24.7 Å². The Morgan fingerprint density at radius 3 is 2.07 bits per heavy atom. The zero-order chi connectivity index (χ0) is 32.5. The van der Waals surface area contributed by atoms with Gasteiger partial charge in [-0.25, -0.2) is 4.79 Å². The molecule has 0 heterocycles. The number of amides is 1. The van der Waals surface area contributed by atoms with Crippen LogP contribution in [0.15, 0.2) is 30.3 Å². The number of hydrogen-bond donors (Lipinski definition) is 3. The molecular formula is C33H42N2O8S. The maximum Gasteiger partial charge on any atom is 0.335 e. The molecule has 0 aromatic heterocycles. The van der Waals surface area contributed by atoms with Crippen molar-refractivity contribution in [3.63, 3.8) is 0 Å². The maximum absolute atomic E-state index is 13.5. The Labute approximate surface area is 260 Å². The lowest BCUT2D eigenvalue weighted by atomic mass is 10.0. The Kier molecular flexibility index (Phi) is 15.1. The van der Waals surface area contributed by atoms with Crippen molar-refractivity contribution in [1.82, 2.24) is 5.32 Å². The molecular weight excluding hydrogens is 584 g/mol. The summed E-state index contributed by atoms with van der Waals surface area (Å²) in [5, 5.41) is 12.6. The van der Waals surface area contributed by atoms with E-state index in [1.165, 1.54) is 12.1 Å². The van der Waals surface area contributed by atoms with Gasteiger partial charge in [0.1, 0.15) is 11.5 Å². The number of benzene rings is 2. The van der Waals surface area contributed by atoms with Crippen molar-refractivity contribution in [3.8, 4) is 36.2 Å². The summed E-state index contributed by atoms with van der Waals surface area (Å²) < 4.78 is 43.4. The van der Waals surface area contributed by atoms with Crippen LogP contribution in [0.4, 0.5) is 5.69 Å². The predicted octanol–water partition coefficient (Wildman–Crippen LogP) is 5.09. The fourth-order valence-corrected chi connectivity index (χ4v) is 5.05. The molecule has 0 aliphatic heterocycles. The average molecular weight is 627 g/mol. The number of terminal acetylenes is 2. The summed E-state index contributed by atoms with van der Waals surface area (Å²) >= 11 is 0. The molecule has 0 unspecified atom stereocenters. The van der Waals surface area contributed by atoms with E-state index in [0.717, 1.165) is 18.5 Å². The highest BCUT2D eigenvalue weighted by molar-refractivity contribution is 7.85. The summed E-state index contributed by atoms with van der Waals surface area (Å²) in [6, 6.07) is 8.15. The summed E-state index contributed by atoms with van der Waals surface area (Å²) in [6.45, 7) is 5.29. The molecule has 0 aliphatic rings. The van der Waals surface area contributed by atoms with Crippen LogP contribution >= 0.6 is 0 Å². The summed E-state index contributed by atoms with van der Waals surface area (Å²) in [7, 11) is -4.07. The second-order valence-corrected chi connectivity index (χ2v) is 11.7. The third kappa shape index (κ3) is 11.8. The Balaban J connectivity index is 2.32. The first-order valence-electron chi connectivity index (χ1n) is 14.6. The van der Waals surface area contributed by atoms with E-state index in [1.54, 1.807) is 12.1 Å². The number of hydrogen-bond acceptors (Lipinski definition) is 7. The van der Waals surface area contributed by atoms with Crippen molar-refractivity contribution < 1.29 is 37.1 Å². The topological polar surface area (TPSA) is 142 Å². The molecule has 1 amide bonds. The van der Waals surface area contributed by atoms with Crippen LogP contribution in [0.3, 0.4) is 0 Å². The van der Waals surface area contributed by atoms with E-state index >= 15 is 0 Å². The lowest BCUT2D eigenvalue weighted by Crippen LogP contribution is -2.28. The smallest absolute Gasteiger partial charge is 0.335 e. The predicted molar refractivity (Wildman–Crippen MR) is 171 cm³/mol. The molecule has 0 saturated heterocycles. The molecule has 2 rings (SSSR count). The number of unbranched alkanes of at least 4 members (excludes halogenated alkanes) is 4. The number of carbonyl (C=O) groups is 2.